The summed E-state index contributed by atoms with van der Waals surface area (Å²) < 4.78 is 46.0. The summed E-state index contributed by atoms with van der Waals surface area (Å²) in [5, 5.41) is 8.95. The van der Waals surface area contributed by atoms with Crippen LogP contribution in [0, 0.1) is 31.0 Å². The maximum atomic E-state index is 14.3. The van der Waals surface area contributed by atoms with Crippen molar-refractivity contribution in [2.75, 3.05) is 31.1 Å². The highest BCUT2D eigenvalue weighted by atomic mass is 32.2. The quantitative estimate of drug-likeness (QED) is 0.472. The average molecular weight is 490 g/mol. The molecule has 0 aliphatic carbocycles. The maximum Gasteiger partial charge on any atom is 0.341 e. The molecule has 0 atom stereocenters. The standard InChI is InChI=1S/C24H28FN3O5S/c1-5-27(6-2)34(31,32)20-8-9-22(25)21(15-20)24(30)33-16-23(29)28(11-7-10-26)19-13-17(3)12-18(4)14-19/h8-9,12-15H,5-7,11,16H2,1-4H3. The number of esters is 1. The van der Waals surface area contributed by atoms with Crippen LogP contribution in [0.4, 0.5) is 10.1 Å². The number of rotatable bonds is 10. The second-order valence-electron chi connectivity index (χ2n) is 7.61. The zero-order valence-electron chi connectivity index (χ0n) is 19.7. The van der Waals surface area contributed by atoms with E-state index in [1.54, 1.807) is 26.0 Å². The Labute approximate surface area is 199 Å². The molecule has 0 saturated carbocycles. The highest BCUT2D eigenvalue weighted by Crippen LogP contribution is 2.21. The number of anilines is 1. The largest absolute Gasteiger partial charge is 0.452 e. The molecule has 2 aromatic carbocycles. The lowest BCUT2D eigenvalue weighted by molar-refractivity contribution is -0.121. The van der Waals surface area contributed by atoms with E-state index < -0.39 is 39.9 Å². The molecule has 8 nitrogen and oxygen atoms in total. The van der Waals surface area contributed by atoms with Crippen LogP contribution in [0.1, 0.15) is 41.8 Å². The fourth-order valence-electron chi connectivity index (χ4n) is 3.48. The predicted octanol–water partition coefficient (Wildman–Crippen LogP) is 3.58. The van der Waals surface area contributed by atoms with Gasteiger partial charge >= 0.3 is 5.97 Å². The first-order chi connectivity index (χ1) is 16.0. The smallest absolute Gasteiger partial charge is 0.341 e. The highest BCUT2D eigenvalue weighted by Gasteiger charge is 2.26. The van der Waals surface area contributed by atoms with Crippen molar-refractivity contribution in [2.45, 2.75) is 39.0 Å². The van der Waals surface area contributed by atoms with Gasteiger partial charge in [0.15, 0.2) is 6.61 Å². The van der Waals surface area contributed by atoms with Crippen molar-refractivity contribution in [1.29, 1.82) is 5.26 Å². The Morgan fingerprint density at radius 2 is 1.68 bits per heavy atom. The minimum absolute atomic E-state index is 0.0621. The minimum atomic E-state index is -3.92. The molecule has 0 heterocycles. The SMILES string of the molecule is CCN(CC)S(=O)(=O)c1ccc(F)c(C(=O)OCC(=O)N(CCC#N)c2cc(C)cc(C)c2)c1. The Bertz CT molecular complexity index is 1180. The number of halogens is 1. The van der Waals surface area contributed by atoms with Gasteiger partial charge in [0.25, 0.3) is 5.91 Å². The molecule has 34 heavy (non-hydrogen) atoms. The van der Waals surface area contributed by atoms with Crippen LogP contribution in [0.25, 0.3) is 0 Å². The van der Waals surface area contributed by atoms with Crippen LogP contribution >= 0.6 is 0 Å². The van der Waals surface area contributed by atoms with E-state index in [9.17, 15) is 22.4 Å². The molecule has 0 unspecified atom stereocenters. The number of nitriles is 1. The number of ether oxygens (including phenoxy) is 1. The Hall–Kier alpha value is -3.29. The van der Waals surface area contributed by atoms with Gasteiger partial charge in [0.1, 0.15) is 5.82 Å². The number of benzene rings is 2. The first-order valence-corrected chi connectivity index (χ1v) is 12.2. The molecule has 1 amide bonds. The van der Waals surface area contributed by atoms with Crippen molar-refractivity contribution in [1.82, 2.24) is 4.31 Å². The summed E-state index contributed by atoms with van der Waals surface area (Å²) in [5.41, 5.74) is 1.79. The van der Waals surface area contributed by atoms with Crippen LogP contribution in [0.15, 0.2) is 41.3 Å². The van der Waals surface area contributed by atoms with Crippen molar-refractivity contribution in [3.63, 3.8) is 0 Å². The molecular formula is C24H28FN3O5S. The summed E-state index contributed by atoms with van der Waals surface area (Å²) >= 11 is 0. The Balaban J connectivity index is 2.25. The van der Waals surface area contributed by atoms with E-state index in [1.807, 2.05) is 26.0 Å². The van der Waals surface area contributed by atoms with E-state index in [0.717, 1.165) is 29.3 Å². The van der Waals surface area contributed by atoms with Crippen molar-refractivity contribution < 1.29 is 27.1 Å². The number of amides is 1. The van der Waals surface area contributed by atoms with E-state index in [4.69, 9.17) is 10.00 Å². The number of carbonyl (C=O) groups excluding carboxylic acids is 2. The lowest BCUT2D eigenvalue weighted by atomic mass is 10.1. The van der Waals surface area contributed by atoms with Gasteiger partial charge in [-0.2, -0.15) is 9.57 Å². The third kappa shape index (κ3) is 6.40. The van der Waals surface area contributed by atoms with Gasteiger partial charge in [-0.1, -0.05) is 19.9 Å². The van der Waals surface area contributed by atoms with E-state index in [1.165, 1.54) is 9.21 Å². The molecule has 10 heteroatoms. The fourth-order valence-corrected chi connectivity index (χ4v) is 4.97. The molecule has 0 bridgehead atoms. The summed E-state index contributed by atoms with van der Waals surface area (Å²) in [6.45, 7) is 6.86. The average Bonchev–Trinajstić information content (AvgIpc) is 2.77. The Kier molecular flexibility index (Phi) is 9.29. The molecule has 0 radical (unpaired) electrons. The van der Waals surface area contributed by atoms with Crippen molar-refractivity contribution in [3.05, 3.63) is 58.9 Å². The minimum Gasteiger partial charge on any atom is -0.452 e. The van der Waals surface area contributed by atoms with Gasteiger partial charge in [0.05, 0.1) is 22.9 Å². The molecule has 0 spiro atoms. The van der Waals surface area contributed by atoms with Crippen molar-refractivity contribution >= 4 is 27.6 Å². The third-order valence-corrected chi connectivity index (χ3v) is 7.14. The van der Waals surface area contributed by atoms with Crippen LogP contribution in [0.3, 0.4) is 0 Å². The molecule has 0 aliphatic rings. The monoisotopic (exact) mass is 489 g/mol. The number of sulfonamides is 1. The Morgan fingerprint density at radius 3 is 2.24 bits per heavy atom. The molecule has 182 valence electrons. The van der Waals surface area contributed by atoms with Gasteiger partial charge in [0, 0.05) is 25.3 Å². The zero-order valence-corrected chi connectivity index (χ0v) is 20.5. The summed E-state index contributed by atoms with van der Waals surface area (Å²) in [5.74, 6) is -2.73. The van der Waals surface area contributed by atoms with Crippen LogP contribution in [0.2, 0.25) is 0 Å². The second-order valence-corrected chi connectivity index (χ2v) is 9.54. The van der Waals surface area contributed by atoms with Gasteiger partial charge in [-0.3, -0.25) is 4.79 Å². The van der Waals surface area contributed by atoms with Crippen molar-refractivity contribution in [3.8, 4) is 6.07 Å². The summed E-state index contributed by atoms with van der Waals surface area (Å²) in [7, 11) is -3.92. The number of aryl methyl sites for hydroxylation is 2. The van der Waals surface area contributed by atoms with Crippen LogP contribution in [0.5, 0.6) is 0 Å². The van der Waals surface area contributed by atoms with Gasteiger partial charge in [-0.15, -0.1) is 0 Å². The highest BCUT2D eigenvalue weighted by molar-refractivity contribution is 7.89. The molecule has 0 aromatic heterocycles. The van der Waals surface area contributed by atoms with Gasteiger partial charge in [-0.25, -0.2) is 17.6 Å². The molecule has 0 saturated heterocycles. The van der Waals surface area contributed by atoms with E-state index in [2.05, 4.69) is 0 Å². The number of hydrogen-bond donors (Lipinski definition) is 0. The summed E-state index contributed by atoms with van der Waals surface area (Å²) in [4.78, 5) is 26.5. The third-order valence-electron chi connectivity index (χ3n) is 5.09. The van der Waals surface area contributed by atoms with Crippen LogP contribution in [-0.2, 0) is 19.6 Å². The lowest BCUT2D eigenvalue weighted by Crippen LogP contribution is -2.35. The number of nitrogens with zero attached hydrogens (tertiary/aromatic N) is 3. The number of carbonyl (C=O) groups is 2. The molecule has 2 rings (SSSR count). The first kappa shape index (κ1) is 27.0. The van der Waals surface area contributed by atoms with Crippen LogP contribution in [-0.4, -0.2) is 50.8 Å². The molecule has 0 N–H and O–H groups in total. The summed E-state index contributed by atoms with van der Waals surface area (Å²) in [6, 6.07) is 10.3. The molecule has 2 aromatic rings. The van der Waals surface area contributed by atoms with E-state index >= 15 is 0 Å². The predicted molar refractivity (Wildman–Crippen MR) is 125 cm³/mol. The van der Waals surface area contributed by atoms with E-state index in [-0.39, 0.29) is 31.0 Å². The summed E-state index contributed by atoms with van der Waals surface area (Å²) in [6.07, 6.45) is 0.0621. The Morgan fingerprint density at radius 1 is 1.06 bits per heavy atom. The fraction of sp³-hybridized carbons (Fsp3) is 0.375. The molecular weight excluding hydrogens is 461 g/mol. The number of hydrogen-bond acceptors (Lipinski definition) is 6. The van der Waals surface area contributed by atoms with Gasteiger partial charge in [0.2, 0.25) is 10.0 Å². The first-order valence-electron chi connectivity index (χ1n) is 10.8. The molecule has 0 fully saturated rings. The van der Waals surface area contributed by atoms with Gasteiger partial charge in [-0.05, 0) is 55.3 Å². The van der Waals surface area contributed by atoms with E-state index in [0.29, 0.717) is 5.69 Å². The maximum absolute atomic E-state index is 14.3. The zero-order chi connectivity index (χ0) is 25.5. The lowest BCUT2D eigenvalue weighted by Gasteiger charge is -2.23. The molecule has 0 aliphatic heterocycles. The topological polar surface area (TPSA) is 108 Å². The second kappa shape index (κ2) is 11.7. The normalized spacial score (nSPS) is 11.2. The van der Waals surface area contributed by atoms with Crippen molar-refractivity contribution in [2.24, 2.45) is 0 Å². The van der Waals surface area contributed by atoms with Crippen LogP contribution < -0.4 is 4.90 Å². The van der Waals surface area contributed by atoms with Gasteiger partial charge < -0.3 is 9.64 Å².